The lowest BCUT2D eigenvalue weighted by Crippen LogP contribution is -3.12. The number of rotatable bonds is 3. The molecule has 0 spiro atoms. The lowest BCUT2D eigenvalue weighted by Gasteiger charge is -2.28. The second kappa shape index (κ2) is 5.29. The highest BCUT2D eigenvalue weighted by molar-refractivity contribution is 5.13. The summed E-state index contributed by atoms with van der Waals surface area (Å²) in [6.45, 7) is 4.96. The van der Waals surface area contributed by atoms with Gasteiger partial charge in [0.25, 0.3) is 0 Å². The number of piperidine rings is 1. The van der Waals surface area contributed by atoms with Gasteiger partial charge in [-0.3, -0.25) is 0 Å². The highest BCUT2D eigenvalue weighted by Gasteiger charge is 2.22. The summed E-state index contributed by atoms with van der Waals surface area (Å²) < 4.78 is 0. The van der Waals surface area contributed by atoms with Crippen molar-refractivity contribution >= 4 is 0 Å². The van der Waals surface area contributed by atoms with Gasteiger partial charge in [0.05, 0.1) is 25.6 Å². The summed E-state index contributed by atoms with van der Waals surface area (Å²) in [5, 5.41) is 0. The van der Waals surface area contributed by atoms with Gasteiger partial charge in [0.15, 0.2) is 0 Å². The lowest BCUT2D eigenvalue weighted by molar-refractivity contribution is -0.923. The molecule has 15 heavy (non-hydrogen) atoms. The second-order valence-electron chi connectivity index (χ2n) is 4.66. The van der Waals surface area contributed by atoms with Crippen molar-refractivity contribution in [1.29, 1.82) is 0 Å². The van der Waals surface area contributed by atoms with Gasteiger partial charge in [-0.2, -0.15) is 0 Å². The third-order valence-corrected chi connectivity index (χ3v) is 3.43. The van der Waals surface area contributed by atoms with Crippen LogP contribution in [0, 0.1) is 5.92 Å². The molecule has 0 saturated carbocycles. The maximum atomic E-state index is 4.04. The Morgan fingerprint density at radius 2 is 2.07 bits per heavy atom. The third kappa shape index (κ3) is 3.05. The second-order valence-corrected chi connectivity index (χ2v) is 4.66. The molecule has 1 unspecified atom stereocenters. The molecule has 0 aliphatic carbocycles. The van der Waals surface area contributed by atoms with Crippen molar-refractivity contribution in [3.05, 3.63) is 35.9 Å². The number of hydrogen-bond donors (Lipinski definition) is 2. The fourth-order valence-electron chi connectivity index (χ4n) is 2.54. The SMILES string of the molecule is [NH3+]C[C@@H]1CCC[NH+](Cc2ccccc2)C1. The first kappa shape index (κ1) is 10.7. The van der Waals surface area contributed by atoms with Crippen molar-refractivity contribution in [2.45, 2.75) is 19.4 Å². The van der Waals surface area contributed by atoms with Crippen molar-refractivity contribution < 1.29 is 10.6 Å². The van der Waals surface area contributed by atoms with E-state index in [4.69, 9.17) is 0 Å². The van der Waals surface area contributed by atoms with Crippen LogP contribution in [0.4, 0.5) is 0 Å². The summed E-state index contributed by atoms with van der Waals surface area (Å²) in [5.41, 5.74) is 5.51. The number of nitrogens with one attached hydrogen (secondary N) is 1. The summed E-state index contributed by atoms with van der Waals surface area (Å²) in [6, 6.07) is 10.8. The van der Waals surface area contributed by atoms with Gasteiger partial charge in [-0.05, 0) is 12.8 Å². The molecule has 2 rings (SSSR count). The molecular formula is C13H22N2+2. The molecule has 1 saturated heterocycles. The van der Waals surface area contributed by atoms with Gasteiger partial charge in [-0.15, -0.1) is 0 Å². The maximum absolute atomic E-state index is 4.04. The van der Waals surface area contributed by atoms with E-state index in [0.717, 1.165) is 12.5 Å². The summed E-state index contributed by atoms with van der Waals surface area (Å²) in [7, 11) is 0. The van der Waals surface area contributed by atoms with Gasteiger partial charge in [-0.25, -0.2) is 0 Å². The van der Waals surface area contributed by atoms with E-state index in [0.29, 0.717) is 0 Å². The van der Waals surface area contributed by atoms with Crippen LogP contribution in [0.25, 0.3) is 0 Å². The number of likely N-dealkylation sites (tertiary alicyclic amines) is 1. The molecule has 1 aromatic rings. The van der Waals surface area contributed by atoms with Crippen LogP contribution in [0.3, 0.4) is 0 Å². The zero-order valence-corrected chi connectivity index (χ0v) is 9.41. The van der Waals surface area contributed by atoms with Crippen LogP contribution >= 0.6 is 0 Å². The van der Waals surface area contributed by atoms with E-state index in [1.807, 2.05) is 0 Å². The van der Waals surface area contributed by atoms with E-state index in [1.54, 1.807) is 4.90 Å². The summed E-state index contributed by atoms with van der Waals surface area (Å²) in [6.07, 6.45) is 2.77. The number of benzene rings is 1. The topological polar surface area (TPSA) is 32.1 Å². The highest BCUT2D eigenvalue weighted by atomic mass is 15.1. The third-order valence-electron chi connectivity index (χ3n) is 3.43. The van der Waals surface area contributed by atoms with Gasteiger partial charge >= 0.3 is 0 Å². The molecule has 82 valence electrons. The summed E-state index contributed by atoms with van der Waals surface area (Å²) >= 11 is 0. The molecule has 2 nitrogen and oxygen atoms in total. The quantitative estimate of drug-likeness (QED) is 0.682. The average molecular weight is 206 g/mol. The van der Waals surface area contributed by atoms with Gasteiger partial charge < -0.3 is 10.6 Å². The van der Waals surface area contributed by atoms with E-state index >= 15 is 0 Å². The minimum absolute atomic E-state index is 0.859. The summed E-state index contributed by atoms with van der Waals surface area (Å²) in [4.78, 5) is 1.74. The molecule has 2 heteroatoms. The standard InChI is InChI=1S/C13H20N2/c14-9-13-7-4-8-15(11-13)10-12-5-2-1-3-6-12/h1-3,5-6,13H,4,7-11,14H2/p+2/t13-/m0/s1. The highest BCUT2D eigenvalue weighted by Crippen LogP contribution is 2.05. The Labute approximate surface area is 92.1 Å². The van der Waals surface area contributed by atoms with E-state index < -0.39 is 0 Å². The Morgan fingerprint density at radius 1 is 1.27 bits per heavy atom. The Balaban J connectivity index is 1.89. The average Bonchev–Trinajstić information content (AvgIpc) is 2.31. The minimum atomic E-state index is 0.859. The van der Waals surface area contributed by atoms with E-state index in [9.17, 15) is 0 Å². The Hall–Kier alpha value is -0.860. The first-order valence-corrected chi connectivity index (χ1v) is 6.05. The molecule has 1 aliphatic rings. The van der Waals surface area contributed by atoms with Crippen LogP contribution in [0.15, 0.2) is 30.3 Å². The summed E-state index contributed by atoms with van der Waals surface area (Å²) in [5.74, 6) is 0.859. The Kier molecular flexibility index (Phi) is 3.75. The van der Waals surface area contributed by atoms with Crippen molar-refractivity contribution in [1.82, 2.24) is 0 Å². The molecule has 0 aromatic heterocycles. The van der Waals surface area contributed by atoms with Crippen LogP contribution in [0.5, 0.6) is 0 Å². The van der Waals surface area contributed by atoms with Crippen molar-refractivity contribution in [2.75, 3.05) is 19.6 Å². The Bertz CT molecular complexity index is 284. The van der Waals surface area contributed by atoms with E-state index in [-0.39, 0.29) is 0 Å². The molecule has 4 N–H and O–H groups in total. The van der Waals surface area contributed by atoms with Gasteiger partial charge in [0, 0.05) is 5.56 Å². The monoisotopic (exact) mass is 206 g/mol. The molecule has 0 amide bonds. The normalized spacial score (nSPS) is 26.5. The van der Waals surface area contributed by atoms with Crippen LogP contribution in [0.2, 0.25) is 0 Å². The number of hydrogen-bond acceptors (Lipinski definition) is 0. The number of quaternary nitrogens is 2. The molecule has 1 fully saturated rings. The molecule has 1 aliphatic heterocycles. The Morgan fingerprint density at radius 3 is 2.80 bits per heavy atom. The van der Waals surface area contributed by atoms with Crippen LogP contribution in [0.1, 0.15) is 18.4 Å². The molecule has 1 heterocycles. The van der Waals surface area contributed by atoms with Gasteiger partial charge in [0.2, 0.25) is 0 Å². The van der Waals surface area contributed by atoms with E-state index in [2.05, 4.69) is 36.1 Å². The molecule has 0 radical (unpaired) electrons. The predicted molar refractivity (Wildman–Crippen MR) is 61.3 cm³/mol. The van der Waals surface area contributed by atoms with Crippen LogP contribution < -0.4 is 10.6 Å². The largest absolute Gasteiger partial charge is 0.357 e. The van der Waals surface area contributed by atoms with Gasteiger partial charge in [0.1, 0.15) is 6.54 Å². The first-order valence-electron chi connectivity index (χ1n) is 6.05. The van der Waals surface area contributed by atoms with Crippen molar-refractivity contribution in [2.24, 2.45) is 5.92 Å². The molecule has 0 bridgehead atoms. The van der Waals surface area contributed by atoms with Crippen molar-refractivity contribution in [3.63, 3.8) is 0 Å². The fourth-order valence-corrected chi connectivity index (χ4v) is 2.54. The molecule has 2 atom stereocenters. The predicted octanol–water partition coefficient (Wildman–Crippen LogP) is -0.277. The van der Waals surface area contributed by atoms with Crippen LogP contribution in [-0.2, 0) is 6.54 Å². The molecule has 1 aromatic carbocycles. The van der Waals surface area contributed by atoms with Crippen molar-refractivity contribution in [3.8, 4) is 0 Å². The van der Waals surface area contributed by atoms with Gasteiger partial charge in [-0.1, -0.05) is 30.3 Å². The first-order chi connectivity index (χ1) is 7.38. The minimum Gasteiger partial charge on any atom is -0.357 e. The van der Waals surface area contributed by atoms with E-state index in [1.165, 1.54) is 38.0 Å². The maximum Gasteiger partial charge on any atom is 0.103 e. The zero-order valence-electron chi connectivity index (χ0n) is 9.41. The fraction of sp³-hybridized carbons (Fsp3) is 0.538. The lowest BCUT2D eigenvalue weighted by atomic mass is 9.98. The molecular weight excluding hydrogens is 184 g/mol. The van der Waals surface area contributed by atoms with Crippen LogP contribution in [-0.4, -0.2) is 19.6 Å². The smallest absolute Gasteiger partial charge is 0.103 e. The zero-order chi connectivity index (χ0) is 10.5.